The summed E-state index contributed by atoms with van der Waals surface area (Å²) in [4.78, 5) is 5.24. The molecule has 0 bridgehead atoms. The van der Waals surface area contributed by atoms with Crippen LogP contribution in [0.3, 0.4) is 0 Å². The third kappa shape index (κ3) is 2.32. The van der Waals surface area contributed by atoms with Gasteiger partial charge >= 0.3 is 0 Å². The maximum atomic E-state index is 4.03. The van der Waals surface area contributed by atoms with Crippen molar-refractivity contribution >= 4 is 44.3 Å². The molecule has 0 unspecified atom stereocenters. The summed E-state index contributed by atoms with van der Waals surface area (Å²) in [5.41, 5.74) is 9.45. The molecule has 1 aromatic heterocycles. The summed E-state index contributed by atoms with van der Waals surface area (Å²) in [5, 5.41) is 0. The zero-order valence-corrected chi connectivity index (χ0v) is 18.8. The van der Waals surface area contributed by atoms with Gasteiger partial charge in [0.05, 0.1) is 20.7 Å². The second kappa shape index (κ2) is 6.07. The lowest BCUT2D eigenvalue weighted by Crippen LogP contribution is -2.32. The SMILES string of the molecule is CC1(C)c2cccc3c2N(c2ccccc2C3)c2c1sc(-c1ccccc1)c2Br. The number of anilines is 3. The largest absolute Gasteiger partial charge is 0.307 e. The van der Waals surface area contributed by atoms with Crippen LogP contribution in [0.15, 0.2) is 77.3 Å². The smallest absolute Gasteiger partial charge is 0.0758 e. The lowest BCUT2D eigenvalue weighted by atomic mass is 9.75. The van der Waals surface area contributed by atoms with E-state index in [1.54, 1.807) is 0 Å². The van der Waals surface area contributed by atoms with E-state index in [0.29, 0.717) is 0 Å². The van der Waals surface area contributed by atoms with Gasteiger partial charge in [0, 0.05) is 22.4 Å². The van der Waals surface area contributed by atoms with Gasteiger partial charge in [-0.1, -0.05) is 80.6 Å². The highest BCUT2D eigenvalue weighted by Crippen LogP contribution is 2.62. The Hall–Kier alpha value is -2.36. The first-order valence-corrected chi connectivity index (χ1v) is 11.6. The number of benzene rings is 3. The topological polar surface area (TPSA) is 3.24 Å². The zero-order chi connectivity index (χ0) is 19.8. The minimum Gasteiger partial charge on any atom is -0.307 e. The minimum atomic E-state index is -0.0380. The predicted octanol–water partition coefficient (Wildman–Crippen LogP) is 8.19. The van der Waals surface area contributed by atoms with Gasteiger partial charge in [-0.2, -0.15) is 0 Å². The van der Waals surface area contributed by atoms with Crippen molar-refractivity contribution in [2.75, 3.05) is 4.90 Å². The predicted molar refractivity (Wildman–Crippen MR) is 127 cm³/mol. The number of halogens is 1. The number of thiophene rings is 1. The normalized spacial score (nSPS) is 15.5. The van der Waals surface area contributed by atoms with E-state index in [-0.39, 0.29) is 5.41 Å². The van der Waals surface area contributed by atoms with Crippen LogP contribution in [0.4, 0.5) is 17.1 Å². The van der Waals surface area contributed by atoms with Gasteiger partial charge in [0.1, 0.15) is 0 Å². The molecule has 0 saturated carbocycles. The number of hydrogen-bond donors (Lipinski definition) is 0. The molecule has 142 valence electrons. The van der Waals surface area contributed by atoms with Gasteiger partial charge in [0.2, 0.25) is 0 Å². The van der Waals surface area contributed by atoms with Crippen LogP contribution >= 0.6 is 27.3 Å². The summed E-state index contributed by atoms with van der Waals surface area (Å²) in [6.45, 7) is 4.74. The standard InChI is InChI=1S/C26H20BrNS/c1-26(2)19-13-8-12-18-15-17-11-6-7-14-20(17)28(22(18)19)23-21(27)24(29-25(23)26)16-9-4-3-5-10-16/h3-14H,15H2,1-2H3. The molecular weight excluding hydrogens is 438 g/mol. The molecule has 3 aromatic carbocycles. The number of nitrogens with zero attached hydrogens (tertiary/aromatic N) is 1. The molecule has 0 atom stereocenters. The van der Waals surface area contributed by atoms with E-state index in [4.69, 9.17) is 0 Å². The number of para-hydroxylation sites is 2. The molecule has 6 rings (SSSR count). The van der Waals surface area contributed by atoms with Crippen LogP contribution in [0.25, 0.3) is 10.4 Å². The van der Waals surface area contributed by atoms with E-state index < -0.39 is 0 Å². The fraction of sp³-hybridized carbons (Fsp3) is 0.154. The van der Waals surface area contributed by atoms with Gasteiger partial charge < -0.3 is 4.90 Å². The van der Waals surface area contributed by atoms with Crippen LogP contribution in [-0.4, -0.2) is 0 Å². The van der Waals surface area contributed by atoms with E-state index in [1.165, 1.54) is 53.5 Å². The third-order valence-corrected chi connectivity index (χ3v) is 8.87. The number of hydrogen-bond acceptors (Lipinski definition) is 2. The molecule has 29 heavy (non-hydrogen) atoms. The van der Waals surface area contributed by atoms with E-state index in [9.17, 15) is 0 Å². The van der Waals surface area contributed by atoms with Gasteiger partial charge in [-0.3, -0.25) is 0 Å². The van der Waals surface area contributed by atoms with E-state index in [0.717, 1.165) is 6.42 Å². The average Bonchev–Trinajstić information content (AvgIpc) is 3.10. The van der Waals surface area contributed by atoms with E-state index in [2.05, 4.69) is 107 Å². The molecule has 0 N–H and O–H groups in total. The molecule has 2 aliphatic rings. The molecule has 1 nitrogen and oxygen atoms in total. The van der Waals surface area contributed by atoms with Gasteiger partial charge in [-0.25, -0.2) is 0 Å². The van der Waals surface area contributed by atoms with Crippen LogP contribution in [-0.2, 0) is 11.8 Å². The molecule has 3 heteroatoms. The Morgan fingerprint density at radius 2 is 1.55 bits per heavy atom. The lowest BCUT2D eigenvalue weighted by Gasteiger charge is -2.44. The quantitative estimate of drug-likeness (QED) is 0.245. The monoisotopic (exact) mass is 457 g/mol. The molecular formula is C26H20BrNS. The summed E-state index contributed by atoms with van der Waals surface area (Å²) in [6, 6.07) is 26.4. The van der Waals surface area contributed by atoms with Crippen LogP contribution in [0.1, 0.15) is 35.4 Å². The molecule has 2 aliphatic heterocycles. The highest BCUT2D eigenvalue weighted by Gasteiger charge is 2.43. The first kappa shape index (κ1) is 17.5. The van der Waals surface area contributed by atoms with Gasteiger partial charge in [0.25, 0.3) is 0 Å². The van der Waals surface area contributed by atoms with Crippen LogP contribution in [0, 0.1) is 0 Å². The fourth-order valence-electron chi connectivity index (χ4n) is 4.86. The summed E-state index contributed by atoms with van der Waals surface area (Å²) in [5.74, 6) is 0. The molecule has 0 fully saturated rings. The van der Waals surface area contributed by atoms with Crippen molar-refractivity contribution < 1.29 is 0 Å². The summed E-state index contributed by atoms with van der Waals surface area (Å²) >= 11 is 5.95. The molecule has 0 saturated heterocycles. The average molecular weight is 458 g/mol. The molecule has 0 radical (unpaired) electrons. The lowest BCUT2D eigenvalue weighted by molar-refractivity contribution is 0.644. The first-order chi connectivity index (χ1) is 14.1. The van der Waals surface area contributed by atoms with Crippen molar-refractivity contribution in [1.82, 2.24) is 0 Å². The van der Waals surface area contributed by atoms with Crippen molar-refractivity contribution in [2.45, 2.75) is 25.7 Å². The number of rotatable bonds is 1. The highest BCUT2D eigenvalue weighted by atomic mass is 79.9. The third-order valence-electron chi connectivity index (χ3n) is 6.28. The van der Waals surface area contributed by atoms with E-state index in [1.807, 2.05) is 11.3 Å². The summed E-state index contributed by atoms with van der Waals surface area (Å²) in [6.07, 6.45) is 0.995. The Bertz CT molecular complexity index is 1270. The van der Waals surface area contributed by atoms with Crippen molar-refractivity contribution in [3.63, 3.8) is 0 Å². The van der Waals surface area contributed by atoms with Crippen molar-refractivity contribution in [3.8, 4) is 10.4 Å². The molecule has 0 aliphatic carbocycles. The van der Waals surface area contributed by atoms with Gasteiger partial charge in [-0.05, 0) is 44.3 Å². The minimum absolute atomic E-state index is 0.0380. The fourth-order valence-corrected chi connectivity index (χ4v) is 7.14. The molecule has 3 heterocycles. The van der Waals surface area contributed by atoms with Crippen molar-refractivity contribution in [3.05, 3.63) is 98.8 Å². The Morgan fingerprint density at radius 3 is 2.38 bits per heavy atom. The first-order valence-electron chi connectivity index (χ1n) is 9.96. The zero-order valence-electron chi connectivity index (χ0n) is 16.4. The maximum Gasteiger partial charge on any atom is 0.0758 e. The Balaban J connectivity index is 1.71. The second-order valence-corrected chi connectivity index (χ2v) is 10.2. The van der Waals surface area contributed by atoms with Crippen LogP contribution < -0.4 is 4.90 Å². The Morgan fingerprint density at radius 1 is 0.828 bits per heavy atom. The molecule has 0 amide bonds. The van der Waals surface area contributed by atoms with E-state index >= 15 is 0 Å². The second-order valence-electron chi connectivity index (χ2n) is 8.37. The summed E-state index contributed by atoms with van der Waals surface area (Å²) < 4.78 is 1.20. The maximum absolute atomic E-state index is 4.03. The molecule has 0 spiro atoms. The molecule has 4 aromatic rings. The van der Waals surface area contributed by atoms with Gasteiger partial charge in [0.15, 0.2) is 0 Å². The van der Waals surface area contributed by atoms with Crippen molar-refractivity contribution in [1.29, 1.82) is 0 Å². The number of fused-ring (bicyclic) bond motifs is 4. The highest BCUT2D eigenvalue weighted by molar-refractivity contribution is 9.10. The van der Waals surface area contributed by atoms with Crippen LogP contribution in [0.2, 0.25) is 0 Å². The van der Waals surface area contributed by atoms with Gasteiger partial charge in [-0.15, -0.1) is 11.3 Å². The van der Waals surface area contributed by atoms with Crippen LogP contribution in [0.5, 0.6) is 0 Å². The summed E-state index contributed by atoms with van der Waals surface area (Å²) in [7, 11) is 0. The van der Waals surface area contributed by atoms with Crippen molar-refractivity contribution in [2.24, 2.45) is 0 Å². The Kier molecular flexibility index (Phi) is 3.66. The Labute approximate surface area is 183 Å².